The van der Waals surface area contributed by atoms with E-state index in [0.29, 0.717) is 29.8 Å². The standard InChI is InChI=1S/C23H22F3N3O2S/c1-3-12-4-9-16-15(10-12)18(23(24,25)26)17-19(27)20(32-22(17)29-16)21(31)28-14-7-5-13(6-8-14)11(2)30/h5-8,12H,3-4,9-10,27H2,1-2H3,(H,28,31)/t12-/m1/s1. The summed E-state index contributed by atoms with van der Waals surface area (Å²) in [4.78, 5) is 28.8. The van der Waals surface area contributed by atoms with E-state index in [1.165, 1.54) is 6.92 Å². The van der Waals surface area contributed by atoms with Gasteiger partial charge in [-0.25, -0.2) is 4.98 Å². The summed E-state index contributed by atoms with van der Waals surface area (Å²) in [5.41, 5.74) is 6.71. The third-order valence-corrected chi connectivity index (χ3v) is 7.06. The quantitative estimate of drug-likeness (QED) is 0.476. The van der Waals surface area contributed by atoms with Crippen molar-refractivity contribution < 1.29 is 22.8 Å². The number of ketones is 1. The number of aromatic nitrogens is 1. The van der Waals surface area contributed by atoms with Crippen LogP contribution in [0.15, 0.2) is 24.3 Å². The first kappa shape index (κ1) is 22.3. The van der Waals surface area contributed by atoms with Crippen molar-refractivity contribution >= 4 is 44.6 Å². The van der Waals surface area contributed by atoms with Crippen LogP contribution in [0.4, 0.5) is 24.5 Å². The molecule has 0 bridgehead atoms. The molecular weight excluding hydrogens is 439 g/mol. The monoisotopic (exact) mass is 461 g/mol. The molecule has 2 heterocycles. The molecule has 1 amide bonds. The van der Waals surface area contributed by atoms with E-state index in [1.54, 1.807) is 24.3 Å². The predicted octanol–water partition coefficient (Wildman–Crippen LogP) is 5.87. The van der Waals surface area contributed by atoms with Gasteiger partial charge >= 0.3 is 6.18 Å². The Morgan fingerprint density at radius 3 is 2.53 bits per heavy atom. The van der Waals surface area contributed by atoms with Crippen LogP contribution in [0.3, 0.4) is 0 Å². The van der Waals surface area contributed by atoms with Gasteiger partial charge in [0.2, 0.25) is 0 Å². The van der Waals surface area contributed by atoms with E-state index in [2.05, 4.69) is 10.3 Å². The molecule has 3 aromatic rings. The minimum Gasteiger partial charge on any atom is -0.397 e. The van der Waals surface area contributed by atoms with Crippen molar-refractivity contribution in [1.82, 2.24) is 4.98 Å². The van der Waals surface area contributed by atoms with Crippen LogP contribution in [-0.2, 0) is 19.0 Å². The van der Waals surface area contributed by atoms with Gasteiger partial charge in [-0.15, -0.1) is 11.3 Å². The summed E-state index contributed by atoms with van der Waals surface area (Å²) in [6.07, 6.45) is -2.22. The second-order valence-electron chi connectivity index (χ2n) is 8.04. The number of hydrogen-bond donors (Lipinski definition) is 2. The molecule has 9 heteroatoms. The predicted molar refractivity (Wildman–Crippen MR) is 119 cm³/mol. The minimum absolute atomic E-state index is 0.0111. The third-order valence-electron chi connectivity index (χ3n) is 5.96. The Balaban J connectivity index is 1.78. The lowest BCUT2D eigenvalue weighted by Gasteiger charge is -2.26. The van der Waals surface area contributed by atoms with Crippen molar-refractivity contribution in [3.63, 3.8) is 0 Å². The number of anilines is 2. The summed E-state index contributed by atoms with van der Waals surface area (Å²) >= 11 is 0.867. The third kappa shape index (κ3) is 3.97. The van der Waals surface area contributed by atoms with Crippen molar-refractivity contribution in [3.05, 3.63) is 51.5 Å². The van der Waals surface area contributed by atoms with Gasteiger partial charge in [-0.1, -0.05) is 13.3 Å². The minimum atomic E-state index is -4.60. The van der Waals surface area contributed by atoms with Gasteiger partial charge in [-0.05, 0) is 61.9 Å². The second-order valence-corrected chi connectivity index (χ2v) is 9.04. The van der Waals surface area contributed by atoms with Crippen LogP contribution in [-0.4, -0.2) is 16.7 Å². The highest BCUT2D eigenvalue weighted by Crippen LogP contribution is 2.46. The van der Waals surface area contributed by atoms with Gasteiger partial charge < -0.3 is 11.1 Å². The summed E-state index contributed by atoms with van der Waals surface area (Å²) in [6, 6.07) is 6.24. The molecule has 0 aliphatic heterocycles. The fourth-order valence-electron chi connectivity index (χ4n) is 4.20. The number of pyridine rings is 1. The Kier molecular flexibility index (Phi) is 5.70. The molecule has 5 nitrogen and oxygen atoms in total. The summed E-state index contributed by atoms with van der Waals surface area (Å²) in [6.45, 7) is 3.40. The van der Waals surface area contributed by atoms with Gasteiger partial charge in [0.05, 0.1) is 11.3 Å². The molecule has 0 fully saturated rings. The zero-order valence-corrected chi connectivity index (χ0v) is 18.4. The van der Waals surface area contributed by atoms with Crippen LogP contribution in [0, 0.1) is 5.92 Å². The topological polar surface area (TPSA) is 85.1 Å². The maximum absolute atomic E-state index is 14.2. The normalized spacial score (nSPS) is 16.1. The number of fused-ring (bicyclic) bond motifs is 2. The molecule has 0 radical (unpaired) electrons. The van der Waals surface area contributed by atoms with Crippen LogP contribution in [0.1, 0.15) is 63.5 Å². The van der Waals surface area contributed by atoms with E-state index >= 15 is 0 Å². The van der Waals surface area contributed by atoms with Crippen LogP contribution in [0.25, 0.3) is 10.2 Å². The van der Waals surface area contributed by atoms with Gasteiger partial charge in [0.15, 0.2) is 5.78 Å². The molecule has 1 aliphatic rings. The van der Waals surface area contributed by atoms with E-state index < -0.39 is 17.6 Å². The molecule has 168 valence electrons. The molecule has 1 aromatic carbocycles. The second kappa shape index (κ2) is 8.20. The number of nitrogen functional groups attached to an aromatic ring is 1. The van der Waals surface area contributed by atoms with Gasteiger partial charge in [-0.3, -0.25) is 9.59 Å². The number of Topliss-reactive ketones (excluding diaryl/α,β-unsaturated/α-hetero) is 1. The Morgan fingerprint density at radius 1 is 1.25 bits per heavy atom. The molecule has 4 rings (SSSR count). The molecule has 32 heavy (non-hydrogen) atoms. The smallest absolute Gasteiger partial charge is 0.397 e. The van der Waals surface area contributed by atoms with Crippen molar-refractivity contribution in [1.29, 1.82) is 0 Å². The largest absolute Gasteiger partial charge is 0.417 e. The molecule has 0 saturated heterocycles. The number of aryl methyl sites for hydroxylation is 1. The maximum atomic E-state index is 14.2. The van der Waals surface area contributed by atoms with Gasteiger partial charge in [-0.2, -0.15) is 13.2 Å². The molecular formula is C23H22F3N3O2S. The number of hydrogen-bond acceptors (Lipinski definition) is 5. The number of nitrogens with one attached hydrogen (secondary N) is 1. The lowest BCUT2D eigenvalue weighted by molar-refractivity contribution is -0.137. The van der Waals surface area contributed by atoms with E-state index in [-0.39, 0.29) is 38.0 Å². The van der Waals surface area contributed by atoms with Gasteiger partial charge in [0.1, 0.15) is 9.71 Å². The summed E-state index contributed by atoms with van der Waals surface area (Å²) in [5, 5.41) is 2.46. The number of halogens is 3. The lowest BCUT2D eigenvalue weighted by Crippen LogP contribution is -2.21. The fraction of sp³-hybridized carbons (Fsp3) is 0.348. The van der Waals surface area contributed by atoms with E-state index in [1.807, 2.05) is 6.92 Å². The summed E-state index contributed by atoms with van der Waals surface area (Å²) in [7, 11) is 0. The molecule has 1 aliphatic carbocycles. The zero-order chi connectivity index (χ0) is 23.2. The Hall–Kier alpha value is -2.94. The van der Waals surface area contributed by atoms with Crippen molar-refractivity contribution in [2.45, 2.75) is 45.7 Å². The van der Waals surface area contributed by atoms with Crippen molar-refractivity contribution in [3.8, 4) is 0 Å². The highest BCUT2D eigenvalue weighted by atomic mass is 32.1. The van der Waals surface area contributed by atoms with Crippen LogP contribution in [0.2, 0.25) is 0 Å². The number of carbonyl (C=O) groups is 2. The zero-order valence-electron chi connectivity index (χ0n) is 17.6. The molecule has 2 aromatic heterocycles. The molecule has 0 spiro atoms. The Labute approximate surface area is 186 Å². The number of nitrogens with zero attached hydrogens (tertiary/aromatic N) is 1. The first-order valence-corrected chi connectivity index (χ1v) is 11.1. The number of amides is 1. The highest BCUT2D eigenvalue weighted by molar-refractivity contribution is 7.21. The Bertz CT molecular complexity index is 1220. The highest BCUT2D eigenvalue weighted by Gasteiger charge is 2.40. The summed E-state index contributed by atoms with van der Waals surface area (Å²) in [5.74, 6) is -0.557. The molecule has 0 saturated carbocycles. The number of nitrogens with two attached hydrogens (primary N) is 1. The number of rotatable bonds is 4. The molecule has 1 atom stereocenters. The average molecular weight is 462 g/mol. The number of alkyl halides is 3. The van der Waals surface area contributed by atoms with E-state index in [9.17, 15) is 22.8 Å². The average Bonchev–Trinajstić information content (AvgIpc) is 3.07. The van der Waals surface area contributed by atoms with Crippen LogP contribution < -0.4 is 11.1 Å². The first-order chi connectivity index (χ1) is 15.1. The maximum Gasteiger partial charge on any atom is 0.417 e. The van der Waals surface area contributed by atoms with E-state index in [4.69, 9.17) is 5.73 Å². The number of benzene rings is 1. The van der Waals surface area contributed by atoms with Crippen molar-refractivity contribution in [2.75, 3.05) is 11.1 Å². The Morgan fingerprint density at radius 2 is 1.94 bits per heavy atom. The van der Waals surface area contributed by atoms with Crippen molar-refractivity contribution in [2.24, 2.45) is 5.92 Å². The number of thiophene rings is 1. The van der Waals surface area contributed by atoms with Gasteiger partial charge in [0, 0.05) is 22.3 Å². The number of carbonyl (C=O) groups excluding carboxylic acids is 2. The van der Waals surface area contributed by atoms with E-state index in [0.717, 1.165) is 24.2 Å². The molecule has 3 N–H and O–H groups in total. The molecule has 0 unspecified atom stereocenters. The lowest BCUT2D eigenvalue weighted by atomic mass is 9.82. The first-order valence-electron chi connectivity index (χ1n) is 10.3. The van der Waals surface area contributed by atoms with Crippen LogP contribution >= 0.6 is 11.3 Å². The van der Waals surface area contributed by atoms with Gasteiger partial charge in [0.25, 0.3) is 5.91 Å². The van der Waals surface area contributed by atoms with Crippen LogP contribution in [0.5, 0.6) is 0 Å². The fourth-order valence-corrected chi connectivity index (χ4v) is 5.22. The SMILES string of the molecule is CC[C@@H]1CCc2nc3sc(C(=O)Nc4ccc(C(C)=O)cc4)c(N)c3c(C(F)(F)F)c2C1. The summed E-state index contributed by atoms with van der Waals surface area (Å²) < 4.78 is 42.5.